The maximum Gasteiger partial charge on any atom is 0.205 e. The molecule has 2 aromatic rings. The van der Waals surface area contributed by atoms with Gasteiger partial charge in [-0.3, -0.25) is 4.90 Å². The summed E-state index contributed by atoms with van der Waals surface area (Å²) in [4.78, 5) is 2.36. The third kappa shape index (κ3) is 2.93. The second-order valence-electron chi connectivity index (χ2n) is 6.84. The molecule has 0 aliphatic carbocycles. The van der Waals surface area contributed by atoms with Gasteiger partial charge in [-0.2, -0.15) is 0 Å². The van der Waals surface area contributed by atoms with Gasteiger partial charge in [0.2, 0.25) is 5.79 Å². The fourth-order valence-corrected chi connectivity index (χ4v) is 3.76. The van der Waals surface area contributed by atoms with Crippen molar-refractivity contribution in [1.82, 2.24) is 4.90 Å². The van der Waals surface area contributed by atoms with E-state index in [1.54, 1.807) is 12.1 Å². The molecule has 2 unspecified atom stereocenters. The molecule has 24 heavy (non-hydrogen) atoms. The molecule has 0 aromatic heterocycles. The fourth-order valence-electron chi connectivity index (χ4n) is 3.76. The Balaban J connectivity index is 1.54. The highest BCUT2D eigenvalue weighted by molar-refractivity contribution is 5.64. The van der Waals surface area contributed by atoms with Gasteiger partial charge in [-0.05, 0) is 42.6 Å². The summed E-state index contributed by atoms with van der Waals surface area (Å²) < 4.78 is 5.86. The Hall–Kier alpha value is -1.88. The number of hydrogen-bond donors (Lipinski definition) is 2. The Labute approximate surface area is 142 Å². The van der Waals surface area contributed by atoms with Crippen molar-refractivity contribution in [1.29, 1.82) is 0 Å². The lowest BCUT2D eigenvalue weighted by Crippen LogP contribution is -2.56. The number of fused-ring (bicyclic) bond motifs is 1. The minimum absolute atomic E-state index is 0.261. The van der Waals surface area contributed by atoms with Crippen molar-refractivity contribution in [2.24, 2.45) is 0 Å². The second-order valence-corrected chi connectivity index (χ2v) is 6.84. The van der Waals surface area contributed by atoms with E-state index in [1.165, 1.54) is 12.8 Å². The zero-order valence-electron chi connectivity index (χ0n) is 13.7. The highest BCUT2D eigenvalue weighted by Gasteiger charge is 2.41. The second kappa shape index (κ2) is 6.20. The molecule has 0 saturated carbocycles. The summed E-state index contributed by atoms with van der Waals surface area (Å²) >= 11 is 0. The molecule has 2 aromatic carbocycles. The third-order valence-corrected chi connectivity index (χ3v) is 5.22. The van der Waals surface area contributed by atoms with Crippen molar-refractivity contribution in [3.63, 3.8) is 0 Å². The van der Waals surface area contributed by atoms with Gasteiger partial charge in [0.1, 0.15) is 5.75 Å². The first-order valence-corrected chi connectivity index (χ1v) is 8.64. The van der Waals surface area contributed by atoms with Crippen LogP contribution >= 0.6 is 0 Å². The van der Waals surface area contributed by atoms with Gasteiger partial charge >= 0.3 is 0 Å². The molecular weight excluding hydrogens is 302 g/mol. The minimum atomic E-state index is -1.22. The first-order chi connectivity index (χ1) is 11.6. The highest BCUT2D eigenvalue weighted by Crippen LogP contribution is 2.33. The topological polar surface area (TPSA) is 52.9 Å². The van der Waals surface area contributed by atoms with Crippen LogP contribution in [0.4, 0.5) is 0 Å². The average molecular weight is 325 g/mol. The van der Waals surface area contributed by atoms with E-state index in [-0.39, 0.29) is 5.75 Å². The predicted molar refractivity (Wildman–Crippen MR) is 92.6 cm³/mol. The lowest BCUT2D eigenvalue weighted by molar-refractivity contribution is -0.264. The van der Waals surface area contributed by atoms with E-state index in [9.17, 15) is 10.2 Å². The maximum absolute atomic E-state index is 11.0. The first-order valence-electron chi connectivity index (χ1n) is 8.64. The van der Waals surface area contributed by atoms with Crippen molar-refractivity contribution in [3.05, 3.63) is 54.1 Å². The molecule has 0 amide bonds. The van der Waals surface area contributed by atoms with Crippen LogP contribution in [0, 0.1) is 0 Å². The SMILES string of the molecule is Oc1ccc(-c2ccc(C3(O)CN4CCCCC4CO3)cc2)cc1. The van der Waals surface area contributed by atoms with Crippen LogP contribution in [0.2, 0.25) is 0 Å². The molecule has 0 spiro atoms. The summed E-state index contributed by atoms with van der Waals surface area (Å²) in [6.07, 6.45) is 3.62. The molecule has 2 aliphatic heterocycles. The standard InChI is InChI=1S/C20H23NO3/c22-19-10-6-16(7-11-19)15-4-8-17(9-5-15)20(23)14-21-12-2-1-3-18(21)13-24-20/h4-11,18,22-23H,1-3,12-14H2. The van der Waals surface area contributed by atoms with Gasteiger partial charge in [-0.15, -0.1) is 0 Å². The van der Waals surface area contributed by atoms with Crippen molar-refractivity contribution >= 4 is 0 Å². The van der Waals surface area contributed by atoms with E-state index in [0.29, 0.717) is 19.2 Å². The number of rotatable bonds is 2. The van der Waals surface area contributed by atoms with E-state index in [1.807, 2.05) is 36.4 Å². The summed E-state index contributed by atoms with van der Waals surface area (Å²) in [5.41, 5.74) is 2.88. The lowest BCUT2D eigenvalue weighted by atomic mass is 9.95. The molecule has 0 bridgehead atoms. The number of morpholine rings is 1. The van der Waals surface area contributed by atoms with E-state index >= 15 is 0 Å². The molecule has 2 atom stereocenters. The molecular formula is C20H23NO3. The average Bonchev–Trinajstić information content (AvgIpc) is 2.62. The summed E-state index contributed by atoms with van der Waals surface area (Å²) in [7, 11) is 0. The Morgan fingerprint density at radius 3 is 2.33 bits per heavy atom. The Kier molecular flexibility index (Phi) is 4.04. The molecule has 2 aliphatic rings. The Bertz CT molecular complexity index is 698. The zero-order chi connectivity index (χ0) is 16.6. The van der Waals surface area contributed by atoms with Crippen LogP contribution < -0.4 is 0 Å². The highest BCUT2D eigenvalue weighted by atomic mass is 16.6. The summed E-state index contributed by atoms with van der Waals surface area (Å²) in [5.74, 6) is -0.960. The normalized spacial score (nSPS) is 27.6. The molecule has 2 fully saturated rings. The predicted octanol–water partition coefficient (Wildman–Crippen LogP) is 3.09. The van der Waals surface area contributed by atoms with E-state index < -0.39 is 5.79 Å². The molecule has 126 valence electrons. The molecule has 2 N–H and O–H groups in total. The van der Waals surface area contributed by atoms with E-state index in [0.717, 1.165) is 29.7 Å². The molecule has 2 saturated heterocycles. The van der Waals surface area contributed by atoms with E-state index in [4.69, 9.17) is 4.74 Å². The Morgan fingerprint density at radius 1 is 0.958 bits per heavy atom. The maximum atomic E-state index is 11.0. The van der Waals surface area contributed by atoms with Gasteiger partial charge in [-0.25, -0.2) is 0 Å². The van der Waals surface area contributed by atoms with Crippen LogP contribution in [-0.2, 0) is 10.5 Å². The number of aromatic hydroxyl groups is 1. The fraction of sp³-hybridized carbons (Fsp3) is 0.400. The number of hydrogen-bond acceptors (Lipinski definition) is 4. The van der Waals surface area contributed by atoms with Crippen LogP contribution in [0.15, 0.2) is 48.5 Å². The molecule has 4 heteroatoms. The largest absolute Gasteiger partial charge is 0.508 e. The van der Waals surface area contributed by atoms with Crippen molar-refractivity contribution < 1.29 is 14.9 Å². The number of piperidine rings is 1. The molecule has 4 nitrogen and oxygen atoms in total. The van der Waals surface area contributed by atoms with Gasteiger partial charge in [0, 0.05) is 11.6 Å². The van der Waals surface area contributed by atoms with Gasteiger partial charge in [0.05, 0.1) is 13.2 Å². The lowest BCUT2D eigenvalue weighted by Gasteiger charge is -2.46. The quantitative estimate of drug-likeness (QED) is 0.891. The van der Waals surface area contributed by atoms with Crippen molar-refractivity contribution in [3.8, 4) is 16.9 Å². The van der Waals surface area contributed by atoms with Crippen LogP contribution in [-0.4, -0.2) is 40.9 Å². The van der Waals surface area contributed by atoms with Gasteiger partial charge in [0.15, 0.2) is 0 Å². The van der Waals surface area contributed by atoms with Crippen LogP contribution in [0.3, 0.4) is 0 Å². The van der Waals surface area contributed by atoms with Crippen LogP contribution in [0.5, 0.6) is 5.75 Å². The number of aliphatic hydroxyl groups is 1. The first kappa shape index (κ1) is 15.6. The third-order valence-electron chi connectivity index (χ3n) is 5.22. The summed E-state index contributed by atoms with van der Waals surface area (Å²) in [6.45, 7) is 2.17. The van der Waals surface area contributed by atoms with Crippen molar-refractivity contribution in [2.45, 2.75) is 31.1 Å². The van der Waals surface area contributed by atoms with E-state index in [2.05, 4.69) is 4.90 Å². The van der Waals surface area contributed by atoms with Crippen molar-refractivity contribution in [2.75, 3.05) is 19.7 Å². The summed E-state index contributed by atoms with van der Waals surface area (Å²) in [6, 6.07) is 15.4. The number of nitrogens with zero attached hydrogens (tertiary/aromatic N) is 1. The smallest absolute Gasteiger partial charge is 0.205 e. The number of phenols is 1. The van der Waals surface area contributed by atoms with Crippen LogP contribution in [0.25, 0.3) is 11.1 Å². The molecule has 0 radical (unpaired) electrons. The molecule has 2 heterocycles. The van der Waals surface area contributed by atoms with Gasteiger partial charge in [0.25, 0.3) is 0 Å². The Morgan fingerprint density at radius 2 is 1.62 bits per heavy atom. The monoisotopic (exact) mass is 325 g/mol. The van der Waals surface area contributed by atoms with Crippen LogP contribution in [0.1, 0.15) is 24.8 Å². The van der Waals surface area contributed by atoms with Gasteiger partial charge in [-0.1, -0.05) is 42.8 Å². The van der Waals surface area contributed by atoms with Gasteiger partial charge < -0.3 is 14.9 Å². The number of ether oxygens (including phenoxy) is 1. The minimum Gasteiger partial charge on any atom is -0.508 e. The number of phenolic OH excluding ortho intramolecular Hbond substituents is 1. The number of benzene rings is 2. The zero-order valence-corrected chi connectivity index (χ0v) is 13.7. The summed E-state index contributed by atoms with van der Waals surface area (Å²) in [5, 5.41) is 20.4. The molecule has 4 rings (SSSR count).